The maximum Gasteiger partial charge on any atom is 0.189 e. The van der Waals surface area contributed by atoms with Gasteiger partial charge in [0.1, 0.15) is 4.83 Å². The highest BCUT2D eigenvalue weighted by molar-refractivity contribution is 7.98. The number of benzene rings is 1. The average molecular weight is 503 g/mol. The molecule has 1 aliphatic carbocycles. The molecule has 0 atom stereocenters. The number of rotatable bonds is 7. The molecular formula is C29H34N4S2. The van der Waals surface area contributed by atoms with E-state index in [1.807, 2.05) is 11.3 Å². The second-order valence-electron chi connectivity index (χ2n) is 10.1. The smallest absolute Gasteiger partial charge is 0.189 e. The molecule has 1 aliphatic heterocycles. The van der Waals surface area contributed by atoms with Crippen LogP contribution in [0.15, 0.2) is 35.5 Å². The van der Waals surface area contributed by atoms with Crippen molar-refractivity contribution in [3.63, 3.8) is 0 Å². The molecule has 4 aromatic rings. The predicted octanol–water partition coefficient (Wildman–Crippen LogP) is 7.25. The van der Waals surface area contributed by atoms with Crippen molar-refractivity contribution in [3.8, 4) is 0 Å². The second kappa shape index (κ2) is 10.1. The monoisotopic (exact) mass is 502 g/mol. The van der Waals surface area contributed by atoms with E-state index in [-0.39, 0.29) is 0 Å². The molecule has 0 bridgehead atoms. The first-order chi connectivity index (χ1) is 17.2. The van der Waals surface area contributed by atoms with Crippen molar-refractivity contribution in [1.29, 1.82) is 0 Å². The van der Waals surface area contributed by atoms with Crippen LogP contribution in [0, 0.1) is 5.92 Å². The molecule has 0 radical (unpaired) electrons. The van der Waals surface area contributed by atoms with Crippen LogP contribution >= 0.6 is 23.1 Å². The number of thiophene rings is 1. The van der Waals surface area contributed by atoms with Crippen LogP contribution in [0.3, 0.4) is 0 Å². The Kier molecular flexibility index (Phi) is 6.68. The second-order valence-corrected chi connectivity index (χ2v) is 11.9. The molecule has 3 aromatic heterocycles. The summed E-state index contributed by atoms with van der Waals surface area (Å²) in [6.07, 6.45) is 12.8. The fraction of sp³-hybridized carbons (Fsp3) is 0.483. The van der Waals surface area contributed by atoms with Crippen LogP contribution in [0.2, 0.25) is 0 Å². The summed E-state index contributed by atoms with van der Waals surface area (Å²) in [4.78, 5) is 19.1. The molecule has 4 heterocycles. The summed E-state index contributed by atoms with van der Waals surface area (Å²) < 4.78 is 1.24. The lowest BCUT2D eigenvalue weighted by Gasteiger charge is -2.33. The highest BCUT2D eigenvalue weighted by atomic mass is 32.2. The van der Waals surface area contributed by atoms with Gasteiger partial charge in [-0.05, 0) is 80.2 Å². The molecule has 6 rings (SSSR count). The fourth-order valence-corrected chi connectivity index (χ4v) is 7.50. The molecule has 0 amide bonds. The first-order valence-electron chi connectivity index (χ1n) is 13.2. The summed E-state index contributed by atoms with van der Waals surface area (Å²) in [7, 11) is 0. The number of thioether (sulfide) groups is 1. The van der Waals surface area contributed by atoms with E-state index in [9.17, 15) is 0 Å². The third-order valence-electron chi connectivity index (χ3n) is 7.81. The van der Waals surface area contributed by atoms with Gasteiger partial charge < -0.3 is 4.90 Å². The maximum atomic E-state index is 5.25. The zero-order valence-electron chi connectivity index (χ0n) is 20.8. The highest BCUT2D eigenvalue weighted by Gasteiger charge is 2.28. The van der Waals surface area contributed by atoms with Crippen LogP contribution < -0.4 is 4.90 Å². The molecule has 1 fully saturated rings. The van der Waals surface area contributed by atoms with Crippen molar-refractivity contribution in [2.75, 3.05) is 24.2 Å². The molecule has 35 heavy (non-hydrogen) atoms. The van der Waals surface area contributed by atoms with Crippen molar-refractivity contribution in [3.05, 3.63) is 52.7 Å². The van der Waals surface area contributed by atoms with Gasteiger partial charge in [-0.2, -0.15) is 0 Å². The number of fused-ring (bicyclic) bond motifs is 5. The van der Waals surface area contributed by atoms with Crippen molar-refractivity contribution in [2.45, 2.75) is 69.9 Å². The number of piperidine rings is 1. The number of unbranched alkanes of at least 4 members (excludes halogenated alkanes) is 1. The van der Waals surface area contributed by atoms with Gasteiger partial charge >= 0.3 is 0 Å². The van der Waals surface area contributed by atoms with E-state index >= 15 is 0 Å². The minimum Gasteiger partial charge on any atom is -0.355 e. The molecule has 0 N–H and O–H groups in total. The lowest BCUT2D eigenvalue weighted by Crippen LogP contribution is -2.35. The van der Waals surface area contributed by atoms with Gasteiger partial charge in [-0.3, -0.25) is 0 Å². The minimum atomic E-state index is 0.750. The molecule has 6 heteroatoms. The zero-order chi connectivity index (χ0) is 23.8. The molecule has 2 aliphatic rings. The summed E-state index contributed by atoms with van der Waals surface area (Å²) in [5, 5.41) is 2.22. The van der Waals surface area contributed by atoms with E-state index in [1.165, 1.54) is 82.2 Å². The van der Waals surface area contributed by atoms with Gasteiger partial charge in [-0.1, -0.05) is 55.4 Å². The quantitative estimate of drug-likeness (QED) is 0.197. The normalized spacial score (nSPS) is 16.5. The van der Waals surface area contributed by atoms with Gasteiger partial charge in [0.05, 0.1) is 10.2 Å². The SMILES string of the molecule is CCCCc1nc2sc3c(N4CCC(Cc5ccccc5)CC4)nc(SC)nc3c2c2c1CCC2. The maximum absolute atomic E-state index is 5.25. The Balaban J connectivity index is 1.36. The van der Waals surface area contributed by atoms with Crippen LogP contribution in [0.25, 0.3) is 20.4 Å². The van der Waals surface area contributed by atoms with Crippen molar-refractivity contribution >= 4 is 49.3 Å². The standard InChI is InChI=1S/C29H34N4S2/c1-3-4-13-23-21-11-8-12-22(21)24-25-26(35-28(24)30-23)27(32-29(31-25)34-2)33-16-14-20(15-17-33)18-19-9-6-5-7-10-19/h5-7,9-10,20H,3-4,8,11-18H2,1-2H3. The van der Waals surface area contributed by atoms with Gasteiger partial charge in [-0.15, -0.1) is 11.3 Å². The van der Waals surface area contributed by atoms with E-state index in [4.69, 9.17) is 15.0 Å². The van der Waals surface area contributed by atoms with Crippen molar-refractivity contribution in [2.24, 2.45) is 5.92 Å². The van der Waals surface area contributed by atoms with Gasteiger partial charge in [0.15, 0.2) is 11.0 Å². The van der Waals surface area contributed by atoms with Crippen molar-refractivity contribution in [1.82, 2.24) is 15.0 Å². The Morgan fingerprint density at radius 1 is 1.03 bits per heavy atom. The molecule has 4 nitrogen and oxygen atoms in total. The molecule has 182 valence electrons. The Labute approximate surface area is 216 Å². The largest absolute Gasteiger partial charge is 0.355 e. The summed E-state index contributed by atoms with van der Waals surface area (Å²) in [6, 6.07) is 11.0. The van der Waals surface area contributed by atoms with E-state index in [1.54, 1.807) is 11.8 Å². The Morgan fingerprint density at radius 3 is 2.60 bits per heavy atom. The average Bonchev–Trinajstić information content (AvgIpc) is 3.52. The lowest BCUT2D eigenvalue weighted by molar-refractivity contribution is 0.402. The van der Waals surface area contributed by atoms with E-state index in [0.29, 0.717) is 0 Å². The van der Waals surface area contributed by atoms with Crippen LogP contribution in [0.1, 0.15) is 61.4 Å². The molecule has 0 spiro atoms. The topological polar surface area (TPSA) is 41.9 Å². The molecule has 1 saturated heterocycles. The number of aromatic nitrogens is 3. The third-order valence-corrected chi connectivity index (χ3v) is 9.43. The fourth-order valence-electron chi connectivity index (χ4n) is 5.96. The van der Waals surface area contributed by atoms with Crippen LogP contribution in [-0.4, -0.2) is 34.3 Å². The number of anilines is 1. The minimum absolute atomic E-state index is 0.750. The van der Waals surface area contributed by atoms with Gasteiger partial charge in [0.25, 0.3) is 0 Å². The first-order valence-corrected chi connectivity index (χ1v) is 15.3. The molecular weight excluding hydrogens is 468 g/mol. The number of nitrogens with zero attached hydrogens (tertiary/aromatic N) is 4. The summed E-state index contributed by atoms with van der Waals surface area (Å²) in [6.45, 7) is 4.41. The Bertz CT molecular complexity index is 1340. The van der Waals surface area contributed by atoms with E-state index in [0.717, 1.165) is 48.3 Å². The number of pyridine rings is 1. The summed E-state index contributed by atoms with van der Waals surface area (Å²) in [5.41, 5.74) is 7.02. The van der Waals surface area contributed by atoms with Gasteiger partial charge in [-0.25, -0.2) is 15.0 Å². The summed E-state index contributed by atoms with van der Waals surface area (Å²) >= 11 is 3.49. The van der Waals surface area contributed by atoms with Crippen LogP contribution in [0.5, 0.6) is 0 Å². The Morgan fingerprint density at radius 2 is 1.83 bits per heavy atom. The van der Waals surface area contributed by atoms with Crippen LogP contribution in [0.4, 0.5) is 5.82 Å². The zero-order valence-corrected chi connectivity index (χ0v) is 22.5. The molecule has 0 unspecified atom stereocenters. The summed E-state index contributed by atoms with van der Waals surface area (Å²) in [5.74, 6) is 1.89. The van der Waals surface area contributed by atoms with Gasteiger partial charge in [0.2, 0.25) is 0 Å². The number of hydrogen-bond donors (Lipinski definition) is 0. The number of aryl methyl sites for hydroxylation is 2. The molecule has 0 saturated carbocycles. The van der Waals surface area contributed by atoms with E-state index in [2.05, 4.69) is 48.4 Å². The van der Waals surface area contributed by atoms with Gasteiger partial charge in [0, 0.05) is 24.2 Å². The van der Waals surface area contributed by atoms with Crippen molar-refractivity contribution < 1.29 is 0 Å². The molecule has 1 aromatic carbocycles. The lowest BCUT2D eigenvalue weighted by atomic mass is 9.90. The predicted molar refractivity (Wildman–Crippen MR) is 150 cm³/mol. The first kappa shape index (κ1) is 23.2. The van der Waals surface area contributed by atoms with Crippen LogP contribution in [-0.2, 0) is 25.7 Å². The Hall–Kier alpha value is -2.18. The number of hydrogen-bond acceptors (Lipinski definition) is 6. The van der Waals surface area contributed by atoms with E-state index < -0.39 is 0 Å². The highest BCUT2D eigenvalue weighted by Crippen LogP contribution is 2.43. The third kappa shape index (κ3) is 4.44.